The van der Waals surface area contributed by atoms with Crippen molar-refractivity contribution in [3.8, 4) is 0 Å². The van der Waals surface area contributed by atoms with Gasteiger partial charge in [-0.2, -0.15) is 8.78 Å². The molecule has 1 aromatic heterocycles. The number of alkyl halides is 2. The second-order valence-electron chi connectivity index (χ2n) is 4.36. The van der Waals surface area contributed by atoms with Crippen molar-refractivity contribution in [1.82, 2.24) is 4.98 Å². The minimum Gasteiger partial charge on any atom is -0.320 e. The summed E-state index contributed by atoms with van der Waals surface area (Å²) < 4.78 is 38.3. The van der Waals surface area contributed by atoms with Crippen LogP contribution in [-0.2, 0) is 16.0 Å². The van der Waals surface area contributed by atoms with Crippen molar-refractivity contribution in [2.75, 3.05) is 0 Å². The molecule has 4 nitrogen and oxygen atoms in total. The fourth-order valence-electron chi connectivity index (χ4n) is 1.64. The van der Waals surface area contributed by atoms with E-state index in [1.165, 1.54) is 23.9 Å². The zero-order valence-electron chi connectivity index (χ0n) is 11.0. The number of pyridine rings is 1. The Morgan fingerprint density at radius 2 is 2.00 bits per heavy atom. The van der Waals surface area contributed by atoms with E-state index >= 15 is 0 Å². The monoisotopic (exact) mass is 409 g/mol. The van der Waals surface area contributed by atoms with Crippen molar-refractivity contribution in [3.05, 3.63) is 58.2 Å². The largest absolute Gasteiger partial charge is 0.399 e. The molecule has 0 aliphatic heterocycles. The molecule has 0 aliphatic rings. The number of thioether (sulfide) groups is 1. The lowest BCUT2D eigenvalue weighted by atomic mass is 10.1. The number of hydrogen-bond donors (Lipinski definition) is 2. The van der Waals surface area contributed by atoms with Gasteiger partial charge in [-0.3, -0.25) is 4.57 Å². The van der Waals surface area contributed by atoms with E-state index in [0.29, 0.717) is 5.75 Å². The maximum Gasteiger partial charge on any atom is 0.399 e. The standard InChI is InChI=1S/C13H11BrF2NO3PS/c14-11-7-9(8-22-12-3-1-2-6-17-12)4-5-10(11)13(15,16)21(18,19)20/h1-7H,8H2,(H2,18,19,20). The van der Waals surface area contributed by atoms with Crippen LogP contribution in [0.25, 0.3) is 0 Å². The minimum atomic E-state index is -5.57. The van der Waals surface area contributed by atoms with Gasteiger partial charge in [0.15, 0.2) is 0 Å². The molecule has 2 aromatic rings. The Labute approximate surface area is 138 Å². The van der Waals surface area contributed by atoms with Gasteiger partial charge >= 0.3 is 13.3 Å². The van der Waals surface area contributed by atoms with Gasteiger partial charge in [0.05, 0.1) is 5.03 Å². The van der Waals surface area contributed by atoms with E-state index in [1.807, 2.05) is 12.1 Å². The molecule has 0 unspecified atom stereocenters. The Morgan fingerprint density at radius 1 is 1.27 bits per heavy atom. The highest BCUT2D eigenvalue weighted by Crippen LogP contribution is 2.60. The van der Waals surface area contributed by atoms with Crippen LogP contribution in [0.3, 0.4) is 0 Å². The van der Waals surface area contributed by atoms with E-state index in [0.717, 1.165) is 16.7 Å². The molecule has 0 bridgehead atoms. The summed E-state index contributed by atoms with van der Waals surface area (Å²) in [4.78, 5) is 21.7. The predicted octanol–water partition coefficient (Wildman–Crippen LogP) is 4.36. The summed E-state index contributed by atoms with van der Waals surface area (Å²) in [5.74, 6) is 0.497. The number of aromatic nitrogens is 1. The Balaban J connectivity index is 2.18. The normalized spacial score (nSPS) is 12.4. The average Bonchev–Trinajstić information content (AvgIpc) is 2.45. The molecule has 1 aromatic carbocycles. The first-order chi connectivity index (χ1) is 10.2. The van der Waals surface area contributed by atoms with Crippen molar-refractivity contribution in [1.29, 1.82) is 0 Å². The van der Waals surface area contributed by atoms with Crippen LogP contribution in [0.5, 0.6) is 0 Å². The van der Waals surface area contributed by atoms with E-state index in [9.17, 15) is 13.3 Å². The van der Waals surface area contributed by atoms with Gasteiger partial charge in [-0.05, 0) is 23.8 Å². The molecule has 22 heavy (non-hydrogen) atoms. The lowest BCUT2D eigenvalue weighted by molar-refractivity contribution is 0.0557. The van der Waals surface area contributed by atoms with E-state index in [4.69, 9.17) is 9.79 Å². The van der Waals surface area contributed by atoms with Gasteiger partial charge in [-0.25, -0.2) is 4.98 Å². The summed E-state index contributed by atoms with van der Waals surface area (Å²) in [5, 5.41) is 0.795. The number of hydrogen-bond acceptors (Lipinski definition) is 3. The fourth-order valence-corrected chi connectivity index (χ4v) is 3.78. The Morgan fingerprint density at radius 3 is 2.55 bits per heavy atom. The molecule has 0 radical (unpaired) electrons. The van der Waals surface area contributed by atoms with E-state index in [2.05, 4.69) is 20.9 Å². The molecule has 0 atom stereocenters. The molecular weight excluding hydrogens is 399 g/mol. The number of rotatable bonds is 5. The zero-order valence-corrected chi connectivity index (χ0v) is 14.3. The van der Waals surface area contributed by atoms with Gasteiger partial charge in [0.1, 0.15) is 0 Å². The molecule has 118 valence electrons. The average molecular weight is 410 g/mol. The summed E-state index contributed by atoms with van der Waals surface area (Å²) in [6, 6.07) is 9.33. The number of halogens is 3. The molecule has 0 saturated carbocycles. The van der Waals surface area contributed by atoms with Gasteiger partial charge < -0.3 is 9.79 Å². The lowest BCUT2D eigenvalue weighted by Gasteiger charge is -2.19. The highest BCUT2D eigenvalue weighted by molar-refractivity contribution is 9.10. The number of nitrogens with zero attached hydrogens (tertiary/aromatic N) is 1. The topological polar surface area (TPSA) is 70.4 Å². The summed E-state index contributed by atoms with van der Waals surface area (Å²) in [6.07, 6.45) is 1.65. The molecule has 0 amide bonds. The minimum absolute atomic E-state index is 0.0417. The first-order valence-electron chi connectivity index (χ1n) is 5.98. The summed E-state index contributed by atoms with van der Waals surface area (Å²) in [5.41, 5.74) is -4.22. The van der Waals surface area contributed by atoms with Crippen LogP contribution in [0.2, 0.25) is 0 Å². The van der Waals surface area contributed by atoms with Crippen LogP contribution in [0.4, 0.5) is 8.78 Å². The molecule has 0 spiro atoms. The molecular formula is C13H11BrF2NO3PS. The molecule has 1 heterocycles. The predicted molar refractivity (Wildman–Crippen MR) is 83.9 cm³/mol. The van der Waals surface area contributed by atoms with Crippen LogP contribution < -0.4 is 0 Å². The molecule has 0 fully saturated rings. The van der Waals surface area contributed by atoms with Gasteiger partial charge in [0.2, 0.25) is 0 Å². The number of benzene rings is 1. The first-order valence-corrected chi connectivity index (χ1v) is 9.37. The van der Waals surface area contributed by atoms with Crippen LogP contribution in [0.1, 0.15) is 11.1 Å². The van der Waals surface area contributed by atoms with Crippen LogP contribution in [-0.4, -0.2) is 14.8 Å². The first kappa shape index (κ1) is 17.6. The van der Waals surface area contributed by atoms with Crippen molar-refractivity contribution < 1.29 is 23.1 Å². The van der Waals surface area contributed by atoms with Crippen molar-refractivity contribution in [2.24, 2.45) is 0 Å². The van der Waals surface area contributed by atoms with Crippen molar-refractivity contribution >= 4 is 35.3 Å². The third-order valence-corrected chi connectivity index (χ3v) is 5.39. The van der Waals surface area contributed by atoms with Crippen LogP contribution in [0, 0.1) is 0 Å². The van der Waals surface area contributed by atoms with Gasteiger partial charge in [-0.1, -0.05) is 34.1 Å². The maximum atomic E-state index is 13.7. The fraction of sp³-hybridized carbons (Fsp3) is 0.154. The van der Waals surface area contributed by atoms with Crippen molar-refractivity contribution in [3.63, 3.8) is 0 Å². The summed E-state index contributed by atoms with van der Waals surface area (Å²) >= 11 is 4.38. The molecule has 2 rings (SSSR count). The van der Waals surface area contributed by atoms with Gasteiger partial charge in [-0.15, -0.1) is 11.8 Å². The summed E-state index contributed by atoms with van der Waals surface area (Å²) in [7, 11) is -5.57. The quantitative estimate of drug-likeness (QED) is 0.566. The van der Waals surface area contributed by atoms with Gasteiger partial charge in [0, 0.05) is 22.0 Å². The van der Waals surface area contributed by atoms with E-state index in [-0.39, 0.29) is 4.47 Å². The highest BCUT2D eigenvalue weighted by atomic mass is 79.9. The van der Waals surface area contributed by atoms with Gasteiger partial charge in [0.25, 0.3) is 0 Å². The second-order valence-corrected chi connectivity index (χ2v) is 7.86. The summed E-state index contributed by atoms with van der Waals surface area (Å²) in [6.45, 7) is 0. The maximum absolute atomic E-state index is 13.7. The molecule has 2 N–H and O–H groups in total. The Kier molecular flexibility index (Phi) is 5.40. The Bertz CT molecular complexity index is 712. The molecule has 9 heteroatoms. The smallest absolute Gasteiger partial charge is 0.320 e. The third kappa shape index (κ3) is 3.94. The zero-order chi connectivity index (χ0) is 16.4. The van der Waals surface area contributed by atoms with Crippen LogP contribution in [0.15, 0.2) is 52.1 Å². The Hall–Kier alpha value is -0.790. The SMILES string of the molecule is O=P(O)(O)C(F)(F)c1ccc(CSc2ccccn2)cc1Br. The highest BCUT2D eigenvalue weighted by Gasteiger charge is 2.51. The molecule has 0 aliphatic carbocycles. The van der Waals surface area contributed by atoms with E-state index in [1.54, 1.807) is 12.3 Å². The van der Waals surface area contributed by atoms with Crippen LogP contribution >= 0.6 is 35.3 Å². The second kappa shape index (κ2) is 6.76. The molecule has 0 saturated heterocycles. The third-order valence-electron chi connectivity index (χ3n) is 2.75. The van der Waals surface area contributed by atoms with E-state index < -0.39 is 18.8 Å². The van der Waals surface area contributed by atoms with Crippen molar-refractivity contribution in [2.45, 2.75) is 16.4 Å². The lowest BCUT2D eigenvalue weighted by Crippen LogP contribution is -2.14.